The summed E-state index contributed by atoms with van der Waals surface area (Å²) in [4.78, 5) is 23.0. The van der Waals surface area contributed by atoms with Gasteiger partial charge in [-0.2, -0.15) is 0 Å². The molecule has 16 heavy (non-hydrogen) atoms. The molecule has 0 saturated heterocycles. The molecule has 0 aromatic heterocycles. The van der Waals surface area contributed by atoms with Crippen LogP contribution in [0.1, 0.15) is 32.3 Å². The number of hydrogen-bond donors (Lipinski definition) is 0. The van der Waals surface area contributed by atoms with Crippen LogP contribution >= 0.6 is 0 Å². The number of benzene rings is 1. The van der Waals surface area contributed by atoms with Crippen molar-refractivity contribution in [1.29, 1.82) is 0 Å². The quantitative estimate of drug-likeness (QED) is 0.688. The van der Waals surface area contributed by atoms with Gasteiger partial charge in [0.1, 0.15) is 11.6 Å². The number of hydrogen-bond acceptors (Lipinski definition) is 2. The molecule has 1 aromatic rings. The zero-order chi connectivity index (χ0) is 12.0. The highest BCUT2D eigenvalue weighted by Crippen LogP contribution is 2.09. The maximum Gasteiger partial charge on any atom is 0.143 e. The van der Waals surface area contributed by atoms with Crippen molar-refractivity contribution >= 4 is 11.6 Å². The third-order valence-electron chi connectivity index (χ3n) is 2.82. The van der Waals surface area contributed by atoms with Crippen LogP contribution in [0, 0.1) is 5.92 Å². The Labute approximate surface area is 96.7 Å². The molecule has 2 heteroatoms. The molecule has 0 N–H and O–H groups in total. The van der Waals surface area contributed by atoms with Gasteiger partial charge in [-0.05, 0) is 18.9 Å². The monoisotopic (exact) mass is 218 g/mol. The molecule has 0 bridgehead atoms. The summed E-state index contributed by atoms with van der Waals surface area (Å²) >= 11 is 0. The average molecular weight is 218 g/mol. The van der Waals surface area contributed by atoms with Crippen molar-refractivity contribution in [1.82, 2.24) is 0 Å². The molecule has 0 radical (unpaired) electrons. The Bertz CT molecular complexity index is 354. The first-order chi connectivity index (χ1) is 7.65. The van der Waals surface area contributed by atoms with Crippen LogP contribution in [0.2, 0.25) is 0 Å². The SMILES string of the molecule is CCC(=O)C(C)C(=O)CCc1ccccc1. The van der Waals surface area contributed by atoms with Gasteiger partial charge in [-0.1, -0.05) is 37.3 Å². The first kappa shape index (κ1) is 12.6. The van der Waals surface area contributed by atoms with Gasteiger partial charge in [-0.3, -0.25) is 9.59 Å². The highest BCUT2D eigenvalue weighted by molar-refractivity contribution is 6.01. The first-order valence-corrected chi connectivity index (χ1v) is 5.74. The lowest BCUT2D eigenvalue weighted by atomic mass is 9.95. The molecule has 86 valence electrons. The Balaban J connectivity index is 2.44. The summed E-state index contributed by atoms with van der Waals surface area (Å²) in [6, 6.07) is 9.87. The molecule has 1 unspecified atom stereocenters. The van der Waals surface area contributed by atoms with Crippen LogP contribution in [0.25, 0.3) is 0 Å². The normalized spacial score (nSPS) is 12.1. The van der Waals surface area contributed by atoms with Crippen molar-refractivity contribution in [3.8, 4) is 0 Å². The number of carbonyl (C=O) groups is 2. The standard InChI is InChI=1S/C14H18O2/c1-3-13(15)11(2)14(16)10-9-12-7-5-4-6-8-12/h4-8,11H,3,9-10H2,1-2H3. The molecule has 2 nitrogen and oxygen atoms in total. The zero-order valence-corrected chi connectivity index (χ0v) is 9.90. The van der Waals surface area contributed by atoms with Crippen molar-refractivity contribution in [3.05, 3.63) is 35.9 Å². The van der Waals surface area contributed by atoms with E-state index in [0.717, 1.165) is 12.0 Å². The Morgan fingerprint density at radius 1 is 1.12 bits per heavy atom. The summed E-state index contributed by atoms with van der Waals surface area (Å²) in [5.41, 5.74) is 1.15. The van der Waals surface area contributed by atoms with E-state index in [1.807, 2.05) is 30.3 Å². The number of ketones is 2. The maximum absolute atomic E-state index is 11.7. The van der Waals surface area contributed by atoms with Gasteiger partial charge in [0.2, 0.25) is 0 Å². The summed E-state index contributed by atoms with van der Waals surface area (Å²) in [7, 11) is 0. The summed E-state index contributed by atoms with van der Waals surface area (Å²) in [6.45, 7) is 3.50. The van der Waals surface area contributed by atoms with E-state index < -0.39 is 5.92 Å². The van der Waals surface area contributed by atoms with Gasteiger partial charge in [0, 0.05) is 12.8 Å². The molecule has 0 amide bonds. The summed E-state index contributed by atoms with van der Waals surface area (Å²) < 4.78 is 0. The maximum atomic E-state index is 11.7. The molecular formula is C14H18O2. The van der Waals surface area contributed by atoms with Gasteiger partial charge in [-0.15, -0.1) is 0 Å². The summed E-state index contributed by atoms with van der Waals surface area (Å²) in [6.07, 6.45) is 1.62. The minimum absolute atomic E-state index is 0.0399. The van der Waals surface area contributed by atoms with E-state index in [1.54, 1.807) is 13.8 Å². The Morgan fingerprint density at radius 2 is 1.75 bits per heavy atom. The van der Waals surface area contributed by atoms with Crippen molar-refractivity contribution < 1.29 is 9.59 Å². The van der Waals surface area contributed by atoms with Crippen molar-refractivity contribution in [2.45, 2.75) is 33.1 Å². The van der Waals surface area contributed by atoms with E-state index in [2.05, 4.69) is 0 Å². The molecule has 0 aliphatic rings. The van der Waals surface area contributed by atoms with Gasteiger partial charge in [0.25, 0.3) is 0 Å². The topological polar surface area (TPSA) is 34.1 Å². The molecule has 1 atom stereocenters. The summed E-state index contributed by atoms with van der Waals surface area (Å²) in [5, 5.41) is 0. The van der Waals surface area contributed by atoms with Crippen LogP contribution < -0.4 is 0 Å². The Kier molecular flexibility index (Phi) is 4.90. The van der Waals surface area contributed by atoms with E-state index in [1.165, 1.54) is 0 Å². The van der Waals surface area contributed by atoms with Crippen LogP contribution in [0.3, 0.4) is 0 Å². The van der Waals surface area contributed by atoms with Crippen molar-refractivity contribution in [2.24, 2.45) is 5.92 Å². The van der Waals surface area contributed by atoms with Crippen LogP contribution in [-0.2, 0) is 16.0 Å². The predicted octanol–water partition coefficient (Wildman–Crippen LogP) is 2.80. The fourth-order valence-electron chi connectivity index (χ4n) is 1.61. The van der Waals surface area contributed by atoms with Gasteiger partial charge >= 0.3 is 0 Å². The van der Waals surface area contributed by atoms with Crippen LogP contribution in [0.5, 0.6) is 0 Å². The Morgan fingerprint density at radius 3 is 2.31 bits per heavy atom. The third-order valence-corrected chi connectivity index (χ3v) is 2.82. The van der Waals surface area contributed by atoms with E-state index in [0.29, 0.717) is 12.8 Å². The molecule has 0 saturated carbocycles. The van der Waals surface area contributed by atoms with Crippen LogP contribution in [0.15, 0.2) is 30.3 Å². The number of carbonyl (C=O) groups excluding carboxylic acids is 2. The molecule has 1 rings (SSSR count). The van der Waals surface area contributed by atoms with Crippen LogP contribution in [-0.4, -0.2) is 11.6 Å². The van der Waals surface area contributed by atoms with E-state index in [9.17, 15) is 9.59 Å². The second-order valence-corrected chi connectivity index (χ2v) is 3.99. The summed E-state index contributed by atoms with van der Waals surface area (Å²) in [5.74, 6) is -0.345. The minimum Gasteiger partial charge on any atom is -0.299 e. The van der Waals surface area contributed by atoms with Gasteiger partial charge in [0.15, 0.2) is 0 Å². The molecule has 0 aliphatic heterocycles. The van der Waals surface area contributed by atoms with E-state index in [-0.39, 0.29) is 11.6 Å². The molecule has 0 aliphatic carbocycles. The highest BCUT2D eigenvalue weighted by Gasteiger charge is 2.18. The second-order valence-electron chi connectivity index (χ2n) is 3.99. The zero-order valence-electron chi connectivity index (χ0n) is 9.90. The van der Waals surface area contributed by atoms with E-state index in [4.69, 9.17) is 0 Å². The number of rotatable bonds is 6. The highest BCUT2D eigenvalue weighted by atomic mass is 16.1. The lowest BCUT2D eigenvalue weighted by Gasteiger charge is -2.07. The first-order valence-electron chi connectivity index (χ1n) is 5.74. The second kappa shape index (κ2) is 6.21. The number of aryl methyl sites for hydroxylation is 1. The van der Waals surface area contributed by atoms with Gasteiger partial charge in [-0.25, -0.2) is 0 Å². The van der Waals surface area contributed by atoms with E-state index >= 15 is 0 Å². The van der Waals surface area contributed by atoms with Crippen molar-refractivity contribution in [3.63, 3.8) is 0 Å². The van der Waals surface area contributed by atoms with Crippen LogP contribution in [0.4, 0.5) is 0 Å². The predicted molar refractivity (Wildman–Crippen MR) is 64.2 cm³/mol. The van der Waals surface area contributed by atoms with Crippen molar-refractivity contribution in [2.75, 3.05) is 0 Å². The lowest BCUT2D eigenvalue weighted by Crippen LogP contribution is -2.20. The smallest absolute Gasteiger partial charge is 0.143 e. The van der Waals surface area contributed by atoms with Gasteiger partial charge < -0.3 is 0 Å². The molecule has 1 aromatic carbocycles. The number of Topliss-reactive ketones (excluding diaryl/α,β-unsaturated/α-hetero) is 2. The largest absolute Gasteiger partial charge is 0.299 e. The average Bonchev–Trinajstić information content (AvgIpc) is 2.35. The minimum atomic E-state index is -0.436. The Hall–Kier alpha value is -1.44. The molecule has 0 spiro atoms. The van der Waals surface area contributed by atoms with Gasteiger partial charge in [0.05, 0.1) is 5.92 Å². The lowest BCUT2D eigenvalue weighted by molar-refractivity contribution is -0.131. The fraction of sp³-hybridized carbons (Fsp3) is 0.429. The molecular weight excluding hydrogens is 200 g/mol. The molecule has 0 heterocycles. The fourth-order valence-corrected chi connectivity index (χ4v) is 1.61. The molecule has 0 fully saturated rings. The third kappa shape index (κ3) is 3.61.